The van der Waals surface area contributed by atoms with E-state index in [0.717, 1.165) is 0 Å². The van der Waals surface area contributed by atoms with Gasteiger partial charge in [0.05, 0.1) is 18.0 Å². The number of ether oxygens (including phenoxy) is 1. The van der Waals surface area contributed by atoms with E-state index in [1.54, 1.807) is 0 Å². The van der Waals surface area contributed by atoms with Gasteiger partial charge in [0, 0.05) is 6.54 Å². The summed E-state index contributed by atoms with van der Waals surface area (Å²) in [7, 11) is -2.53. The molecule has 1 fully saturated rings. The molecule has 1 aliphatic heterocycles. The van der Waals surface area contributed by atoms with Crippen LogP contribution in [-0.2, 0) is 19.6 Å². The molecule has 1 heterocycles. The number of benzene rings is 1. The van der Waals surface area contributed by atoms with Gasteiger partial charge in [0.15, 0.2) is 0 Å². The van der Waals surface area contributed by atoms with Crippen LogP contribution in [0.4, 0.5) is 10.1 Å². The van der Waals surface area contributed by atoms with Crippen LogP contribution in [-0.4, -0.2) is 39.3 Å². The molecule has 1 aliphatic rings. The lowest BCUT2D eigenvalue weighted by molar-refractivity contribution is -0.142. The van der Waals surface area contributed by atoms with Gasteiger partial charge in [0.1, 0.15) is 11.9 Å². The van der Waals surface area contributed by atoms with Gasteiger partial charge in [-0.15, -0.1) is 0 Å². The molecular formula is C12H15FN2O4S. The van der Waals surface area contributed by atoms with E-state index < -0.39 is 33.1 Å². The van der Waals surface area contributed by atoms with Crippen molar-refractivity contribution in [3.05, 3.63) is 30.1 Å². The highest BCUT2D eigenvalue weighted by atomic mass is 32.2. The lowest BCUT2D eigenvalue weighted by Crippen LogP contribution is -2.31. The quantitative estimate of drug-likeness (QED) is 0.790. The molecule has 20 heavy (non-hydrogen) atoms. The van der Waals surface area contributed by atoms with Gasteiger partial charge in [0.2, 0.25) is 10.0 Å². The van der Waals surface area contributed by atoms with Crippen LogP contribution in [0.1, 0.15) is 6.42 Å². The van der Waals surface area contributed by atoms with E-state index in [-0.39, 0.29) is 18.7 Å². The molecule has 1 aromatic carbocycles. The smallest absolute Gasteiger partial charge is 0.322 e. The second kappa shape index (κ2) is 5.76. The maximum Gasteiger partial charge on any atom is 0.322 e. The fourth-order valence-corrected chi connectivity index (χ4v) is 3.44. The molecule has 8 heteroatoms. The van der Waals surface area contributed by atoms with Crippen molar-refractivity contribution >= 4 is 21.7 Å². The number of esters is 1. The maximum absolute atomic E-state index is 13.4. The SMILES string of the molecule is COC(=O)C1CC(S(=O)(=O)Nc2ccccc2F)CN1. The summed E-state index contributed by atoms with van der Waals surface area (Å²) in [6, 6.07) is 4.86. The first kappa shape index (κ1) is 14.7. The molecule has 0 amide bonds. The van der Waals surface area contributed by atoms with Gasteiger partial charge in [-0.25, -0.2) is 12.8 Å². The van der Waals surface area contributed by atoms with E-state index in [4.69, 9.17) is 0 Å². The highest BCUT2D eigenvalue weighted by molar-refractivity contribution is 7.93. The van der Waals surface area contributed by atoms with Crippen molar-refractivity contribution in [3.8, 4) is 0 Å². The molecule has 2 unspecified atom stereocenters. The van der Waals surface area contributed by atoms with E-state index in [1.807, 2.05) is 0 Å². The predicted octanol–water partition coefficient (Wildman–Crippen LogP) is 0.471. The predicted molar refractivity (Wildman–Crippen MR) is 71.2 cm³/mol. The molecule has 1 aromatic rings. The van der Waals surface area contributed by atoms with Crippen LogP contribution in [0.15, 0.2) is 24.3 Å². The minimum atomic E-state index is -3.77. The highest BCUT2D eigenvalue weighted by Crippen LogP contribution is 2.20. The zero-order chi connectivity index (χ0) is 14.8. The van der Waals surface area contributed by atoms with Crippen molar-refractivity contribution in [1.82, 2.24) is 5.32 Å². The second-order valence-corrected chi connectivity index (χ2v) is 6.43. The number of carbonyl (C=O) groups is 1. The fourth-order valence-electron chi connectivity index (χ4n) is 2.04. The number of carbonyl (C=O) groups excluding carboxylic acids is 1. The van der Waals surface area contributed by atoms with Gasteiger partial charge in [-0.05, 0) is 18.6 Å². The normalized spacial score (nSPS) is 22.5. The summed E-state index contributed by atoms with van der Waals surface area (Å²) in [5.74, 6) is -1.15. The number of hydrogen-bond donors (Lipinski definition) is 2. The molecule has 110 valence electrons. The third-order valence-electron chi connectivity index (χ3n) is 3.14. The van der Waals surface area contributed by atoms with Gasteiger partial charge in [-0.3, -0.25) is 9.52 Å². The van der Waals surface area contributed by atoms with Crippen molar-refractivity contribution in [2.75, 3.05) is 18.4 Å². The minimum absolute atomic E-state index is 0.0937. The third-order valence-corrected chi connectivity index (χ3v) is 4.88. The number of hydrogen-bond acceptors (Lipinski definition) is 5. The van der Waals surface area contributed by atoms with Gasteiger partial charge in [0.25, 0.3) is 0 Å². The van der Waals surface area contributed by atoms with Crippen molar-refractivity contribution in [3.63, 3.8) is 0 Å². The molecule has 2 N–H and O–H groups in total. The summed E-state index contributed by atoms with van der Waals surface area (Å²) in [4.78, 5) is 11.3. The zero-order valence-corrected chi connectivity index (χ0v) is 11.6. The summed E-state index contributed by atoms with van der Waals surface area (Å²) in [5, 5.41) is 1.96. The summed E-state index contributed by atoms with van der Waals surface area (Å²) >= 11 is 0. The number of nitrogens with one attached hydrogen (secondary N) is 2. The largest absolute Gasteiger partial charge is 0.468 e. The van der Waals surface area contributed by atoms with Gasteiger partial charge in [-0.1, -0.05) is 12.1 Å². The van der Waals surface area contributed by atoms with Crippen molar-refractivity contribution in [2.24, 2.45) is 0 Å². The second-order valence-electron chi connectivity index (χ2n) is 4.47. The summed E-state index contributed by atoms with van der Waals surface area (Å²) in [5.41, 5.74) is -0.103. The lowest BCUT2D eigenvalue weighted by atomic mass is 10.2. The first-order valence-electron chi connectivity index (χ1n) is 6.01. The first-order chi connectivity index (χ1) is 9.44. The topological polar surface area (TPSA) is 84.5 Å². The standard InChI is InChI=1S/C12H15FN2O4S/c1-19-12(16)11-6-8(7-14-11)20(17,18)15-10-5-3-2-4-9(10)13/h2-5,8,11,14-15H,6-7H2,1H3. The Hall–Kier alpha value is -1.67. The van der Waals surface area contributed by atoms with Gasteiger partial charge >= 0.3 is 5.97 Å². The summed E-state index contributed by atoms with van der Waals surface area (Å²) < 4.78 is 44.5. The van der Waals surface area contributed by atoms with Crippen molar-refractivity contribution in [1.29, 1.82) is 0 Å². The molecular weight excluding hydrogens is 287 g/mol. The Bertz CT molecular complexity index is 605. The van der Waals surface area contributed by atoms with Crippen LogP contribution in [0.5, 0.6) is 0 Å². The molecule has 0 aliphatic carbocycles. The molecule has 1 saturated heterocycles. The molecule has 0 saturated carbocycles. The summed E-state index contributed by atoms with van der Waals surface area (Å²) in [6.07, 6.45) is 0.0937. The fraction of sp³-hybridized carbons (Fsp3) is 0.417. The lowest BCUT2D eigenvalue weighted by Gasteiger charge is -2.13. The van der Waals surface area contributed by atoms with E-state index in [1.165, 1.54) is 31.4 Å². The monoisotopic (exact) mass is 302 g/mol. The average Bonchev–Trinajstić information content (AvgIpc) is 2.91. The van der Waals surface area contributed by atoms with Crippen LogP contribution in [0.3, 0.4) is 0 Å². The number of rotatable bonds is 4. The zero-order valence-electron chi connectivity index (χ0n) is 10.8. The third kappa shape index (κ3) is 3.07. The highest BCUT2D eigenvalue weighted by Gasteiger charge is 2.38. The molecule has 2 atom stereocenters. The number of sulfonamides is 1. The number of anilines is 1. The maximum atomic E-state index is 13.4. The van der Waals surface area contributed by atoms with E-state index in [9.17, 15) is 17.6 Å². The Morgan fingerprint density at radius 2 is 2.15 bits per heavy atom. The number of halogens is 1. The van der Waals surface area contributed by atoms with Gasteiger partial charge < -0.3 is 10.1 Å². The van der Waals surface area contributed by atoms with E-state index >= 15 is 0 Å². The Kier molecular flexibility index (Phi) is 4.24. The minimum Gasteiger partial charge on any atom is -0.468 e. The number of methoxy groups -OCH3 is 1. The Morgan fingerprint density at radius 1 is 1.45 bits per heavy atom. The van der Waals surface area contributed by atoms with E-state index in [0.29, 0.717) is 0 Å². The Balaban J connectivity index is 2.09. The molecule has 2 rings (SSSR count). The van der Waals surface area contributed by atoms with Gasteiger partial charge in [-0.2, -0.15) is 0 Å². The Labute approximate surface area is 116 Å². The van der Waals surface area contributed by atoms with Crippen LogP contribution >= 0.6 is 0 Å². The molecule has 0 radical (unpaired) electrons. The van der Waals surface area contributed by atoms with Crippen LogP contribution in [0, 0.1) is 5.82 Å². The molecule has 0 aromatic heterocycles. The van der Waals surface area contributed by atoms with Crippen molar-refractivity contribution < 1.29 is 22.3 Å². The van der Waals surface area contributed by atoms with Crippen LogP contribution < -0.4 is 10.0 Å². The first-order valence-corrected chi connectivity index (χ1v) is 7.56. The Morgan fingerprint density at radius 3 is 2.80 bits per heavy atom. The van der Waals surface area contributed by atoms with Crippen LogP contribution in [0.2, 0.25) is 0 Å². The molecule has 0 spiro atoms. The molecule has 0 bridgehead atoms. The van der Waals surface area contributed by atoms with E-state index in [2.05, 4.69) is 14.8 Å². The van der Waals surface area contributed by atoms with Crippen molar-refractivity contribution in [2.45, 2.75) is 17.7 Å². The van der Waals surface area contributed by atoms with Crippen LogP contribution in [0.25, 0.3) is 0 Å². The summed E-state index contributed by atoms with van der Waals surface area (Å²) in [6.45, 7) is 0.115. The molecule has 6 nitrogen and oxygen atoms in total. The number of para-hydroxylation sites is 1. The average molecular weight is 302 g/mol.